The lowest BCUT2D eigenvalue weighted by molar-refractivity contribution is 0.0525. The van der Waals surface area contributed by atoms with E-state index in [0.717, 1.165) is 23.5 Å². The van der Waals surface area contributed by atoms with E-state index in [1.807, 2.05) is 36.4 Å². The number of ether oxygens (including phenoxy) is 3. The zero-order valence-corrected chi connectivity index (χ0v) is 16.8. The lowest BCUT2D eigenvalue weighted by atomic mass is 10.2. The number of hydrogen-bond acceptors (Lipinski definition) is 7. The number of aromatic nitrogens is 3. The highest BCUT2D eigenvalue weighted by molar-refractivity contribution is 5.90. The molecule has 0 radical (unpaired) electrons. The summed E-state index contributed by atoms with van der Waals surface area (Å²) in [5, 5.41) is 7.82. The molecule has 4 rings (SSSR count). The topological polar surface area (TPSA) is 87.5 Å². The van der Waals surface area contributed by atoms with Gasteiger partial charge in [-0.05, 0) is 31.2 Å². The summed E-state index contributed by atoms with van der Waals surface area (Å²) in [4.78, 5) is 16.8. The minimum Gasteiger partial charge on any atom is -0.486 e. The second-order valence-corrected chi connectivity index (χ2v) is 6.71. The molecule has 0 bridgehead atoms. The predicted octanol–water partition coefficient (Wildman–Crippen LogP) is 2.55. The third kappa shape index (κ3) is 4.44. The van der Waals surface area contributed by atoms with Gasteiger partial charge in [-0.15, -0.1) is 0 Å². The van der Waals surface area contributed by atoms with E-state index in [1.54, 1.807) is 24.0 Å². The summed E-state index contributed by atoms with van der Waals surface area (Å²) in [7, 11) is 0. The Labute approximate surface area is 174 Å². The number of benzene rings is 1. The van der Waals surface area contributed by atoms with Crippen molar-refractivity contribution in [3.63, 3.8) is 0 Å². The number of nitrogens with one attached hydrogen (secondary N) is 1. The van der Waals surface area contributed by atoms with Gasteiger partial charge >= 0.3 is 5.97 Å². The van der Waals surface area contributed by atoms with Crippen LogP contribution in [0.2, 0.25) is 0 Å². The maximum absolute atomic E-state index is 12.4. The minimum absolute atomic E-state index is 0.306. The molecule has 3 aromatic rings. The van der Waals surface area contributed by atoms with E-state index in [-0.39, 0.29) is 5.97 Å². The third-order valence-electron chi connectivity index (χ3n) is 4.71. The molecule has 0 amide bonds. The van der Waals surface area contributed by atoms with Crippen LogP contribution in [0.5, 0.6) is 11.5 Å². The van der Waals surface area contributed by atoms with Crippen molar-refractivity contribution in [3.8, 4) is 17.2 Å². The maximum Gasteiger partial charge on any atom is 0.341 e. The molecule has 0 atom stereocenters. The average molecular weight is 408 g/mol. The summed E-state index contributed by atoms with van der Waals surface area (Å²) in [5.41, 5.74) is 2.97. The molecule has 0 saturated heterocycles. The standard InChI is InChI=1S/C22H24N4O4/c1-2-28-22(27)18-14-25-26(17-6-7-20-21(13-17)30-12-11-29-20)19(18)15-23-10-8-16-5-3-4-9-24-16/h3-7,9,13-14,23H,2,8,10-12,15H2,1H3. The minimum atomic E-state index is -0.386. The van der Waals surface area contributed by atoms with Crippen molar-refractivity contribution in [1.29, 1.82) is 0 Å². The van der Waals surface area contributed by atoms with Crippen molar-refractivity contribution in [2.45, 2.75) is 19.9 Å². The Kier molecular flexibility index (Phi) is 6.24. The van der Waals surface area contributed by atoms with E-state index in [4.69, 9.17) is 14.2 Å². The van der Waals surface area contributed by atoms with Crippen LogP contribution in [0.3, 0.4) is 0 Å². The Hall–Kier alpha value is -3.39. The van der Waals surface area contributed by atoms with Crippen LogP contribution in [0, 0.1) is 0 Å². The van der Waals surface area contributed by atoms with E-state index in [2.05, 4.69) is 15.4 Å². The van der Waals surface area contributed by atoms with Gasteiger partial charge < -0.3 is 19.5 Å². The lowest BCUT2D eigenvalue weighted by Gasteiger charge is -2.19. The number of esters is 1. The van der Waals surface area contributed by atoms with Crippen LogP contribution in [0.4, 0.5) is 0 Å². The normalized spacial score (nSPS) is 12.6. The van der Waals surface area contributed by atoms with Gasteiger partial charge in [-0.3, -0.25) is 4.98 Å². The molecule has 0 fully saturated rings. The first-order valence-electron chi connectivity index (χ1n) is 10.0. The van der Waals surface area contributed by atoms with Crippen molar-refractivity contribution in [1.82, 2.24) is 20.1 Å². The zero-order valence-electron chi connectivity index (χ0n) is 16.8. The van der Waals surface area contributed by atoms with Gasteiger partial charge in [-0.25, -0.2) is 9.48 Å². The highest BCUT2D eigenvalue weighted by atomic mass is 16.6. The molecule has 2 aromatic heterocycles. The molecule has 0 unspecified atom stereocenters. The molecule has 8 nitrogen and oxygen atoms in total. The van der Waals surface area contributed by atoms with Crippen molar-refractivity contribution < 1.29 is 19.0 Å². The molecule has 0 saturated carbocycles. The molecule has 156 valence electrons. The number of hydrogen-bond donors (Lipinski definition) is 1. The summed E-state index contributed by atoms with van der Waals surface area (Å²) < 4.78 is 18.2. The first kappa shape index (κ1) is 19.9. The first-order chi connectivity index (χ1) is 14.8. The molecule has 3 heterocycles. The highest BCUT2D eigenvalue weighted by Gasteiger charge is 2.21. The molecule has 1 aliphatic heterocycles. The van der Waals surface area contributed by atoms with Gasteiger partial charge in [0, 0.05) is 37.5 Å². The van der Waals surface area contributed by atoms with Gasteiger partial charge in [0.05, 0.1) is 24.2 Å². The molecule has 1 N–H and O–H groups in total. The smallest absolute Gasteiger partial charge is 0.341 e. The van der Waals surface area contributed by atoms with Crippen LogP contribution in [0.25, 0.3) is 5.69 Å². The van der Waals surface area contributed by atoms with Gasteiger partial charge in [0.15, 0.2) is 11.5 Å². The van der Waals surface area contributed by atoms with Crippen LogP contribution in [0.15, 0.2) is 48.8 Å². The first-order valence-corrected chi connectivity index (χ1v) is 10.0. The largest absolute Gasteiger partial charge is 0.486 e. The monoisotopic (exact) mass is 408 g/mol. The van der Waals surface area contributed by atoms with Crippen molar-refractivity contribution in [2.24, 2.45) is 0 Å². The summed E-state index contributed by atoms with van der Waals surface area (Å²) in [5.74, 6) is 0.988. The summed E-state index contributed by atoms with van der Waals surface area (Å²) >= 11 is 0. The third-order valence-corrected chi connectivity index (χ3v) is 4.71. The average Bonchev–Trinajstić information content (AvgIpc) is 3.21. The fourth-order valence-corrected chi connectivity index (χ4v) is 3.28. The molecular weight excluding hydrogens is 384 g/mol. The van der Waals surface area contributed by atoms with Crippen LogP contribution >= 0.6 is 0 Å². The quantitative estimate of drug-likeness (QED) is 0.453. The SMILES string of the molecule is CCOC(=O)c1cnn(-c2ccc3c(c2)OCCO3)c1CNCCc1ccccn1. The maximum atomic E-state index is 12.4. The number of carbonyl (C=O) groups excluding carboxylic acids is 1. The molecule has 1 aliphatic rings. The van der Waals surface area contributed by atoms with Gasteiger partial charge in [-0.1, -0.05) is 6.07 Å². The lowest BCUT2D eigenvalue weighted by Crippen LogP contribution is -2.21. The Balaban J connectivity index is 1.55. The summed E-state index contributed by atoms with van der Waals surface area (Å²) in [6.07, 6.45) is 4.11. The van der Waals surface area contributed by atoms with Crippen LogP contribution < -0.4 is 14.8 Å². The van der Waals surface area contributed by atoms with Crippen molar-refractivity contribution in [3.05, 3.63) is 65.7 Å². The van der Waals surface area contributed by atoms with E-state index < -0.39 is 0 Å². The Morgan fingerprint density at radius 2 is 2.07 bits per heavy atom. The van der Waals surface area contributed by atoms with Crippen LogP contribution in [0.1, 0.15) is 28.7 Å². The Bertz CT molecular complexity index is 1000. The van der Waals surface area contributed by atoms with Crippen LogP contribution in [-0.2, 0) is 17.7 Å². The Morgan fingerprint density at radius 1 is 1.20 bits per heavy atom. The number of pyridine rings is 1. The number of fused-ring (bicyclic) bond motifs is 1. The fourth-order valence-electron chi connectivity index (χ4n) is 3.28. The van der Waals surface area contributed by atoms with Crippen molar-refractivity contribution in [2.75, 3.05) is 26.4 Å². The van der Waals surface area contributed by atoms with Gasteiger partial charge in [0.1, 0.15) is 18.8 Å². The number of carbonyl (C=O) groups is 1. The molecule has 30 heavy (non-hydrogen) atoms. The number of nitrogens with zero attached hydrogens (tertiary/aromatic N) is 3. The van der Waals surface area contributed by atoms with E-state index in [1.165, 1.54) is 0 Å². The second-order valence-electron chi connectivity index (χ2n) is 6.71. The van der Waals surface area contributed by atoms with E-state index in [0.29, 0.717) is 50.0 Å². The highest BCUT2D eigenvalue weighted by Crippen LogP contribution is 2.32. The molecule has 8 heteroatoms. The molecule has 1 aromatic carbocycles. The zero-order chi connectivity index (χ0) is 20.8. The number of rotatable bonds is 8. The fraction of sp³-hybridized carbons (Fsp3) is 0.318. The van der Waals surface area contributed by atoms with E-state index >= 15 is 0 Å². The van der Waals surface area contributed by atoms with Gasteiger partial charge in [0.2, 0.25) is 0 Å². The van der Waals surface area contributed by atoms with Crippen molar-refractivity contribution >= 4 is 5.97 Å². The summed E-state index contributed by atoms with van der Waals surface area (Å²) in [6, 6.07) is 11.5. The predicted molar refractivity (Wildman–Crippen MR) is 110 cm³/mol. The van der Waals surface area contributed by atoms with Crippen LogP contribution in [-0.4, -0.2) is 47.1 Å². The molecular formula is C22H24N4O4. The Morgan fingerprint density at radius 3 is 2.87 bits per heavy atom. The van der Waals surface area contributed by atoms with Gasteiger partial charge in [-0.2, -0.15) is 5.10 Å². The second kappa shape index (κ2) is 9.41. The van der Waals surface area contributed by atoms with Gasteiger partial charge in [0.25, 0.3) is 0 Å². The summed E-state index contributed by atoms with van der Waals surface area (Å²) in [6.45, 7) is 4.30. The van der Waals surface area contributed by atoms with E-state index in [9.17, 15) is 4.79 Å². The molecule has 0 aliphatic carbocycles. The molecule has 0 spiro atoms.